The normalized spacial score (nSPS) is 11.7. The van der Waals surface area contributed by atoms with E-state index in [2.05, 4.69) is 9.82 Å². The molecule has 0 aliphatic rings. The Morgan fingerprint density at radius 3 is 2.57 bits per heavy atom. The highest BCUT2D eigenvalue weighted by atomic mass is 35.5. The van der Waals surface area contributed by atoms with Gasteiger partial charge in [-0.05, 0) is 19.1 Å². The fraction of sp³-hybridized carbons (Fsp3) is 0.250. The van der Waals surface area contributed by atoms with Gasteiger partial charge < -0.3 is 5.73 Å². The predicted molar refractivity (Wildman–Crippen MR) is 83.1 cm³/mol. The minimum atomic E-state index is -3.85. The average molecular weight is 349 g/mol. The van der Waals surface area contributed by atoms with E-state index in [-0.39, 0.29) is 16.5 Å². The Kier molecular flexibility index (Phi) is 4.48. The molecule has 114 valence electrons. The molecule has 0 bridgehead atoms. The van der Waals surface area contributed by atoms with Crippen LogP contribution in [0.5, 0.6) is 0 Å². The first-order valence-corrected chi connectivity index (χ1v) is 8.20. The Labute approximate surface area is 132 Å². The van der Waals surface area contributed by atoms with Crippen molar-refractivity contribution < 1.29 is 8.42 Å². The molecule has 6 nitrogen and oxygen atoms in total. The predicted octanol–water partition coefficient (Wildman–Crippen LogP) is 2.29. The van der Waals surface area contributed by atoms with Gasteiger partial charge in [-0.1, -0.05) is 23.2 Å². The van der Waals surface area contributed by atoms with Gasteiger partial charge in [-0.15, -0.1) is 0 Å². The maximum atomic E-state index is 12.4. The third kappa shape index (κ3) is 3.16. The van der Waals surface area contributed by atoms with Gasteiger partial charge in [0.05, 0.1) is 16.4 Å². The van der Waals surface area contributed by atoms with E-state index in [0.29, 0.717) is 22.0 Å². The quantitative estimate of drug-likeness (QED) is 0.886. The molecule has 9 heteroatoms. The Hall–Kier alpha value is -1.28. The summed E-state index contributed by atoms with van der Waals surface area (Å²) in [7, 11) is -2.15. The van der Waals surface area contributed by atoms with Gasteiger partial charge in [0.25, 0.3) is 10.0 Å². The fourth-order valence-corrected chi connectivity index (χ4v) is 3.91. The maximum Gasteiger partial charge on any atom is 0.263 e. The standard InChI is InChI=1S/C12H14Cl2N4O2S/c1-7-10(6-18(2)16-7)17-21(19,20)11-4-3-9(13)8(5-15)12(11)14/h3-4,6,17H,5,15H2,1-2H3. The van der Waals surface area contributed by atoms with Crippen LogP contribution in [0.2, 0.25) is 10.0 Å². The molecular formula is C12H14Cl2N4O2S. The van der Waals surface area contributed by atoms with Gasteiger partial charge in [0, 0.05) is 30.4 Å². The van der Waals surface area contributed by atoms with Crippen LogP contribution in [0.4, 0.5) is 5.69 Å². The fourth-order valence-electron chi connectivity index (χ4n) is 1.87. The van der Waals surface area contributed by atoms with E-state index in [9.17, 15) is 8.42 Å². The van der Waals surface area contributed by atoms with Crippen molar-refractivity contribution in [1.29, 1.82) is 0 Å². The van der Waals surface area contributed by atoms with Crippen LogP contribution in [0.15, 0.2) is 23.2 Å². The van der Waals surface area contributed by atoms with Crippen LogP contribution < -0.4 is 10.5 Å². The second-order valence-corrected chi connectivity index (χ2v) is 6.89. The highest BCUT2D eigenvalue weighted by Crippen LogP contribution is 2.32. The lowest BCUT2D eigenvalue weighted by Gasteiger charge is -2.12. The number of hydrogen-bond donors (Lipinski definition) is 2. The molecule has 2 rings (SSSR count). The van der Waals surface area contributed by atoms with Gasteiger partial charge in [-0.2, -0.15) is 5.10 Å². The van der Waals surface area contributed by atoms with Gasteiger partial charge in [0.2, 0.25) is 0 Å². The zero-order valence-corrected chi connectivity index (χ0v) is 13.7. The summed E-state index contributed by atoms with van der Waals surface area (Å²) in [6.45, 7) is 1.75. The summed E-state index contributed by atoms with van der Waals surface area (Å²) < 4.78 is 28.9. The Morgan fingerprint density at radius 1 is 1.38 bits per heavy atom. The van der Waals surface area contributed by atoms with Crippen molar-refractivity contribution in [3.63, 3.8) is 0 Å². The van der Waals surface area contributed by atoms with E-state index in [4.69, 9.17) is 28.9 Å². The summed E-state index contributed by atoms with van der Waals surface area (Å²) in [6.07, 6.45) is 1.57. The smallest absolute Gasteiger partial charge is 0.263 e. The monoisotopic (exact) mass is 348 g/mol. The molecule has 2 aromatic rings. The first-order chi connectivity index (χ1) is 9.76. The number of nitrogens with two attached hydrogens (primary N) is 1. The minimum Gasteiger partial charge on any atom is -0.326 e. The van der Waals surface area contributed by atoms with Crippen LogP contribution in [-0.2, 0) is 23.6 Å². The van der Waals surface area contributed by atoms with Crippen molar-refractivity contribution in [2.24, 2.45) is 12.8 Å². The third-order valence-corrected chi connectivity index (χ3v) is 5.21. The largest absolute Gasteiger partial charge is 0.326 e. The van der Waals surface area contributed by atoms with Crippen LogP contribution in [0.25, 0.3) is 0 Å². The molecule has 1 aromatic heterocycles. The molecular weight excluding hydrogens is 335 g/mol. The molecule has 1 aromatic carbocycles. The van der Waals surface area contributed by atoms with Gasteiger partial charge >= 0.3 is 0 Å². The minimum absolute atomic E-state index is 0.0269. The molecule has 0 saturated carbocycles. The van der Waals surface area contributed by atoms with E-state index in [1.54, 1.807) is 20.2 Å². The van der Waals surface area contributed by atoms with E-state index < -0.39 is 10.0 Å². The summed E-state index contributed by atoms with van der Waals surface area (Å²) in [5, 5.41) is 4.43. The van der Waals surface area contributed by atoms with Gasteiger partial charge in [-0.3, -0.25) is 9.40 Å². The van der Waals surface area contributed by atoms with Crippen LogP contribution >= 0.6 is 23.2 Å². The molecule has 0 atom stereocenters. The Bertz CT molecular complexity index is 787. The van der Waals surface area contributed by atoms with E-state index in [0.717, 1.165) is 0 Å². The van der Waals surface area contributed by atoms with Crippen molar-refractivity contribution in [3.05, 3.63) is 39.6 Å². The highest BCUT2D eigenvalue weighted by Gasteiger charge is 2.22. The van der Waals surface area contributed by atoms with Crippen molar-refractivity contribution >= 4 is 38.9 Å². The topological polar surface area (TPSA) is 90.0 Å². The molecule has 0 amide bonds. The molecule has 0 spiro atoms. The van der Waals surface area contributed by atoms with E-state index in [1.807, 2.05) is 0 Å². The lowest BCUT2D eigenvalue weighted by atomic mass is 10.2. The third-order valence-electron chi connectivity index (χ3n) is 2.90. The van der Waals surface area contributed by atoms with Crippen molar-refractivity contribution in [2.45, 2.75) is 18.4 Å². The van der Waals surface area contributed by atoms with E-state index in [1.165, 1.54) is 16.8 Å². The number of aryl methyl sites for hydroxylation is 2. The first kappa shape index (κ1) is 16.1. The van der Waals surface area contributed by atoms with Crippen LogP contribution in [0.3, 0.4) is 0 Å². The van der Waals surface area contributed by atoms with E-state index >= 15 is 0 Å². The zero-order chi connectivity index (χ0) is 15.8. The van der Waals surface area contributed by atoms with Gasteiger partial charge in [0.15, 0.2) is 0 Å². The molecule has 0 saturated heterocycles. The van der Waals surface area contributed by atoms with Crippen molar-refractivity contribution in [2.75, 3.05) is 4.72 Å². The van der Waals surface area contributed by atoms with Crippen LogP contribution in [0.1, 0.15) is 11.3 Å². The number of aromatic nitrogens is 2. The molecule has 0 radical (unpaired) electrons. The molecule has 0 aliphatic carbocycles. The van der Waals surface area contributed by atoms with Gasteiger partial charge in [-0.25, -0.2) is 8.42 Å². The first-order valence-electron chi connectivity index (χ1n) is 5.96. The van der Waals surface area contributed by atoms with Crippen LogP contribution in [0, 0.1) is 6.92 Å². The average Bonchev–Trinajstić information content (AvgIpc) is 2.67. The summed E-state index contributed by atoms with van der Waals surface area (Å²) in [6, 6.07) is 2.80. The SMILES string of the molecule is Cc1nn(C)cc1NS(=O)(=O)c1ccc(Cl)c(CN)c1Cl. The Balaban J connectivity index is 2.48. The molecule has 21 heavy (non-hydrogen) atoms. The molecule has 0 aliphatic heterocycles. The van der Waals surface area contributed by atoms with Crippen molar-refractivity contribution in [1.82, 2.24) is 9.78 Å². The molecule has 0 fully saturated rings. The lowest BCUT2D eigenvalue weighted by Crippen LogP contribution is -2.15. The number of rotatable bonds is 4. The second kappa shape index (κ2) is 5.84. The number of nitrogens with zero attached hydrogens (tertiary/aromatic N) is 2. The number of hydrogen-bond acceptors (Lipinski definition) is 4. The molecule has 3 N–H and O–H groups in total. The highest BCUT2D eigenvalue weighted by molar-refractivity contribution is 7.92. The Morgan fingerprint density at radius 2 is 2.05 bits per heavy atom. The summed E-state index contributed by atoms with van der Waals surface area (Å²) in [5.74, 6) is 0. The summed E-state index contributed by atoms with van der Waals surface area (Å²) in [5.41, 5.74) is 6.89. The number of anilines is 1. The molecule has 1 heterocycles. The van der Waals surface area contributed by atoms with Gasteiger partial charge in [0.1, 0.15) is 4.90 Å². The number of halogens is 2. The number of nitrogens with one attached hydrogen (secondary N) is 1. The number of benzene rings is 1. The summed E-state index contributed by atoms with van der Waals surface area (Å²) in [4.78, 5) is -0.0720. The van der Waals surface area contributed by atoms with Crippen LogP contribution in [-0.4, -0.2) is 18.2 Å². The molecule has 0 unspecified atom stereocenters. The zero-order valence-electron chi connectivity index (χ0n) is 11.4. The number of sulfonamides is 1. The lowest BCUT2D eigenvalue weighted by molar-refractivity contribution is 0.601. The summed E-state index contributed by atoms with van der Waals surface area (Å²) >= 11 is 12.1. The second-order valence-electron chi connectivity index (χ2n) is 4.45. The maximum absolute atomic E-state index is 12.4. The van der Waals surface area contributed by atoms with Crippen molar-refractivity contribution in [3.8, 4) is 0 Å².